The number of furan rings is 1. The Kier molecular flexibility index (Phi) is 4.61. The van der Waals surface area contributed by atoms with E-state index in [1.54, 1.807) is 11.2 Å². The quantitative estimate of drug-likeness (QED) is 0.714. The predicted octanol–water partition coefficient (Wildman–Crippen LogP) is 3.40. The van der Waals surface area contributed by atoms with Crippen molar-refractivity contribution in [2.45, 2.75) is 46.6 Å². The second-order valence-corrected chi connectivity index (χ2v) is 6.51. The average molecular weight is 340 g/mol. The van der Waals surface area contributed by atoms with Crippen LogP contribution < -0.4 is 0 Å². The van der Waals surface area contributed by atoms with Crippen molar-refractivity contribution in [2.75, 3.05) is 7.05 Å². The van der Waals surface area contributed by atoms with Crippen LogP contribution in [-0.4, -0.2) is 32.5 Å². The molecule has 3 rings (SSSR count). The van der Waals surface area contributed by atoms with Crippen molar-refractivity contribution in [1.82, 2.24) is 19.5 Å². The first-order valence-electron chi connectivity index (χ1n) is 8.50. The van der Waals surface area contributed by atoms with Crippen molar-refractivity contribution < 1.29 is 9.21 Å². The number of hydrogen-bond donors (Lipinski definition) is 0. The van der Waals surface area contributed by atoms with Gasteiger partial charge in [-0.1, -0.05) is 0 Å². The SMILES string of the molecule is Cc1cc2nc(C)c(CCC(=O)N(C)C(C)c3ccco3)c(C)n2n1. The van der Waals surface area contributed by atoms with Crippen LogP contribution in [-0.2, 0) is 11.2 Å². The van der Waals surface area contributed by atoms with Crippen LogP contribution in [0.25, 0.3) is 5.65 Å². The third-order valence-electron chi connectivity index (χ3n) is 4.80. The Hall–Kier alpha value is -2.63. The first kappa shape index (κ1) is 17.2. The van der Waals surface area contributed by atoms with Gasteiger partial charge in [0, 0.05) is 30.9 Å². The van der Waals surface area contributed by atoms with Crippen LogP contribution in [0.3, 0.4) is 0 Å². The number of aromatic nitrogens is 3. The van der Waals surface area contributed by atoms with Gasteiger partial charge in [-0.25, -0.2) is 9.50 Å². The molecule has 1 amide bonds. The fraction of sp³-hybridized carbons (Fsp3) is 0.421. The van der Waals surface area contributed by atoms with Gasteiger partial charge in [0.05, 0.1) is 18.0 Å². The molecule has 6 nitrogen and oxygen atoms in total. The molecule has 3 aromatic rings. The van der Waals surface area contributed by atoms with Crippen molar-refractivity contribution in [1.29, 1.82) is 0 Å². The highest BCUT2D eigenvalue weighted by Gasteiger charge is 2.20. The highest BCUT2D eigenvalue weighted by atomic mass is 16.3. The van der Waals surface area contributed by atoms with Gasteiger partial charge in [0.1, 0.15) is 5.76 Å². The van der Waals surface area contributed by atoms with Crippen molar-refractivity contribution in [3.05, 3.63) is 52.9 Å². The molecule has 0 aliphatic rings. The molecule has 1 unspecified atom stereocenters. The molecule has 6 heteroatoms. The zero-order chi connectivity index (χ0) is 18.1. The van der Waals surface area contributed by atoms with E-state index in [9.17, 15) is 4.79 Å². The third kappa shape index (κ3) is 3.29. The lowest BCUT2D eigenvalue weighted by molar-refractivity contribution is -0.132. The van der Waals surface area contributed by atoms with Gasteiger partial charge in [0.25, 0.3) is 0 Å². The van der Waals surface area contributed by atoms with E-state index in [1.165, 1.54) is 0 Å². The van der Waals surface area contributed by atoms with Crippen LogP contribution in [0.15, 0.2) is 28.9 Å². The molecule has 0 saturated heterocycles. The van der Waals surface area contributed by atoms with Gasteiger partial charge >= 0.3 is 0 Å². The molecule has 0 aromatic carbocycles. The summed E-state index contributed by atoms with van der Waals surface area (Å²) in [5.41, 5.74) is 4.88. The molecule has 0 radical (unpaired) electrons. The highest BCUT2D eigenvalue weighted by Crippen LogP contribution is 2.21. The average Bonchev–Trinajstić information content (AvgIpc) is 3.22. The molecule has 0 aliphatic carbocycles. The molecule has 25 heavy (non-hydrogen) atoms. The standard InChI is InChI=1S/C19H24N4O2/c1-12-11-18-20-13(2)16(14(3)23(18)21-12)8-9-19(24)22(5)15(4)17-7-6-10-25-17/h6-7,10-11,15H,8-9H2,1-5H3. The molecule has 1 atom stereocenters. The molecule has 3 aromatic heterocycles. The van der Waals surface area contributed by atoms with Gasteiger partial charge in [-0.05, 0) is 51.8 Å². The molecule has 0 bridgehead atoms. The second-order valence-electron chi connectivity index (χ2n) is 6.51. The Labute approximate surface area is 147 Å². The van der Waals surface area contributed by atoms with Gasteiger partial charge < -0.3 is 9.32 Å². The Balaban J connectivity index is 1.75. The summed E-state index contributed by atoms with van der Waals surface area (Å²) in [4.78, 5) is 18.9. The molecular formula is C19H24N4O2. The zero-order valence-corrected chi connectivity index (χ0v) is 15.4. The van der Waals surface area contributed by atoms with Crippen LogP contribution in [0.2, 0.25) is 0 Å². The normalized spacial score (nSPS) is 12.5. The minimum absolute atomic E-state index is 0.0828. The Morgan fingerprint density at radius 1 is 1.36 bits per heavy atom. The van der Waals surface area contributed by atoms with Crippen LogP contribution in [0.1, 0.15) is 47.8 Å². The van der Waals surface area contributed by atoms with E-state index in [1.807, 2.05) is 57.5 Å². The van der Waals surface area contributed by atoms with Crippen molar-refractivity contribution >= 4 is 11.6 Å². The smallest absolute Gasteiger partial charge is 0.223 e. The van der Waals surface area contributed by atoms with E-state index in [2.05, 4.69) is 10.1 Å². The Bertz CT molecular complexity index is 896. The number of hydrogen-bond acceptors (Lipinski definition) is 4. The predicted molar refractivity (Wildman–Crippen MR) is 95.4 cm³/mol. The highest BCUT2D eigenvalue weighted by molar-refractivity contribution is 5.76. The van der Waals surface area contributed by atoms with E-state index in [0.29, 0.717) is 12.8 Å². The molecule has 0 N–H and O–H groups in total. The van der Waals surface area contributed by atoms with Crippen molar-refractivity contribution in [2.24, 2.45) is 0 Å². The summed E-state index contributed by atoms with van der Waals surface area (Å²) < 4.78 is 7.26. The van der Waals surface area contributed by atoms with Gasteiger partial charge in [0.15, 0.2) is 5.65 Å². The summed E-state index contributed by atoms with van der Waals surface area (Å²) >= 11 is 0. The number of amides is 1. The summed E-state index contributed by atoms with van der Waals surface area (Å²) in [6.45, 7) is 7.94. The fourth-order valence-corrected chi connectivity index (χ4v) is 3.15. The lowest BCUT2D eigenvalue weighted by Gasteiger charge is -2.23. The minimum Gasteiger partial charge on any atom is -0.467 e. The molecular weight excluding hydrogens is 316 g/mol. The summed E-state index contributed by atoms with van der Waals surface area (Å²) in [5.74, 6) is 0.873. The maximum atomic E-state index is 12.6. The number of fused-ring (bicyclic) bond motifs is 1. The molecule has 132 valence electrons. The molecule has 0 spiro atoms. The van der Waals surface area contributed by atoms with Crippen LogP contribution in [0.4, 0.5) is 0 Å². The first-order valence-corrected chi connectivity index (χ1v) is 8.50. The largest absolute Gasteiger partial charge is 0.467 e. The van der Waals surface area contributed by atoms with Crippen LogP contribution in [0.5, 0.6) is 0 Å². The van der Waals surface area contributed by atoms with E-state index in [0.717, 1.165) is 34.1 Å². The van der Waals surface area contributed by atoms with E-state index < -0.39 is 0 Å². The number of rotatable bonds is 5. The van der Waals surface area contributed by atoms with Crippen molar-refractivity contribution in [3.8, 4) is 0 Å². The Morgan fingerprint density at radius 3 is 2.80 bits per heavy atom. The number of aryl methyl sites for hydroxylation is 3. The fourth-order valence-electron chi connectivity index (χ4n) is 3.15. The van der Waals surface area contributed by atoms with Gasteiger partial charge in [-0.3, -0.25) is 4.79 Å². The summed E-state index contributed by atoms with van der Waals surface area (Å²) in [7, 11) is 1.81. The zero-order valence-electron chi connectivity index (χ0n) is 15.4. The lowest BCUT2D eigenvalue weighted by atomic mass is 10.1. The van der Waals surface area contributed by atoms with Crippen LogP contribution >= 0.6 is 0 Å². The second kappa shape index (κ2) is 6.70. The maximum absolute atomic E-state index is 12.6. The molecule has 0 saturated carbocycles. The van der Waals surface area contributed by atoms with Crippen molar-refractivity contribution in [3.63, 3.8) is 0 Å². The third-order valence-corrected chi connectivity index (χ3v) is 4.80. The van der Waals surface area contributed by atoms with Gasteiger partial charge in [-0.2, -0.15) is 5.10 Å². The lowest BCUT2D eigenvalue weighted by Crippen LogP contribution is -2.29. The summed E-state index contributed by atoms with van der Waals surface area (Å²) in [5, 5.41) is 4.49. The van der Waals surface area contributed by atoms with E-state index in [-0.39, 0.29) is 11.9 Å². The summed E-state index contributed by atoms with van der Waals surface area (Å²) in [6.07, 6.45) is 2.70. The Morgan fingerprint density at radius 2 is 2.12 bits per heavy atom. The van der Waals surface area contributed by atoms with Crippen LogP contribution in [0, 0.1) is 20.8 Å². The maximum Gasteiger partial charge on any atom is 0.223 e. The number of carbonyl (C=O) groups excluding carboxylic acids is 1. The number of nitrogens with zero attached hydrogens (tertiary/aromatic N) is 4. The molecule has 0 fully saturated rings. The van der Waals surface area contributed by atoms with Gasteiger partial charge in [0.2, 0.25) is 5.91 Å². The first-order chi connectivity index (χ1) is 11.9. The topological polar surface area (TPSA) is 63.6 Å². The monoisotopic (exact) mass is 340 g/mol. The van der Waals surface area contributed by atoms with E-state index in [4.69, 9.17) is 4.42 Å². The minimum atomic E-state index is -0.0842. The van der Waals surface area contributed by atoms with E-state index >= 15 is 0 Å². The summed E-state index contributed by atoms with van der Waals surface area (Å²) in [6, 6.07) is 5.61. The van der Waals surface area contributed by atoms with Gasteiger partial charge in [-0.15, -0.1) is 0 Å². The number of carbonyl (C=O) groups is 1. The molecule has 0 aliphatic heterocycles. The molecule has 3 heterocycles.